The zero-order valence-corrected chi connectivity index (χ0v) is 13.1. The molecule has 0 saturated carbocycles. The third-order valence-corrected chi connectivity index (χ3v) is 4.45. The molecule has 0 aliphatic carbocycles. The molecule has 0 bridgehead atoms. The second-order valence-electron chi connectivity index (χ2n) is 4.93. The van der Waals surface area contributed by atoms with Crippen LogP contribution in [0.1, 0.15) is 18.2 Å². The van der Waals surface area contributed by atoms with Gasteiger partial charge in [0.1, 0.15) is 0 Å². The Bertz CT molecular complexity index is 610. The normalized spacial score (nSPS) is 20.2. The van der Waals surface area contributed by atoms with Gasteiger partial charge in [-0.25, -0.2) is 4.98 Å². The summed E-state index contributed by atoms with van der Waals surface area (Å²) in [5.74, 6) is 0.333. The summed E-state index contributed by atoms with van der Waals surface area (Å²) in [6, 6.07) is 5.68. The van der Waals surface area contributed by atoms with Crippen LogP contribution in [0, 0.1) is 5.92 Å². The first-order valence-electron chi connectivity index (χ1n) is 6.48. The van der Waals surface area contributed by atoms with Crippen LogP contribution in [0.4, 0.5) is 0 Å². The molecule has 2 atom stereocenters. The van der Waals surface area contributed by atoms with Gasteiger partial charge >= 0.3 is 0 Å². The molecule has 1 aliphatic heterocycles. The second kappa shape index (κ2) is 5.85. The molecule has 2 heterocycles. The molecule has 0 amide bonds. The molecule has 1 aromatic heterocycles. The predicted octanol–water partition coefficient (Wildman–Crippen LogP) is 3.32. The summed E-state index contributed by atoms with van der Waals surface area (Å²) in [7, 11) is 0. The van der Waals surface area contributed by atoms with Gasteiger partial charge in [0.25, 0.3) is 0 Å². The maximum Gasteiger partial charge on any atom is 0.0995 e. The van der Waals surface area contributed by atoms with Gasteiger partial charge in [0.15, 0.2) is 0 Å². The van der Waals surface area contributed by atoms with E-state index in [1.807, 2.05) is 22.8 Å². The summed E-state index contributed by atoms with van der Waals surface area (Å²) in [6.07, 6.45) is 4.54. The number of halogens is 2. The Labute approximate surface area is 131 Å². The molecule has 106 valence electrons. The van der Waals surface area contributed by atoms with Gasteiger partial charge in [-0.3, -0.25) is 0 Å². The third kappa shape index (κ3) is 2.63. The summed E-state index contributed by atoms with van der Waals surface area (Å²) in [4.78, 5) is 4.23. The lowest BCUT2D eigenvalue weighted by Gasteiger charge is -2.20. The highest BCUT2D eigenvalue weighted by molar-refractivity contribution is 9.10. The molecule has 6 heteroatoms. The van der Waals surface area contributed by atoms with E-state index in [0.29, 0.717) is 17.5 Å². The molecule has 4 nitrogen and oxygen atoms in total. The van der Waals surface area contributed by atoms with Gasteiger partial charge in [-0.05, 0) is 24.6 Å². The SMILES string of the molecule is NC(c1cncn1-c1ccc(Br)cc1Cl)C1CCOC1. The van der Waals surface area contributed by atoms with Crippen molar-refractivity contribution in [3.8, 4) is 5.69 Å². The minimum Gasteiger partial charge on any atom is -0.381 e. The Morgan fingerprint density at radius 1 is 1.50 bits per heavy atom. The number of aromatic nitrogens is 2. The first kappa shape index (κ1) is 14.1. The van der Waals surface area contributed by atoms with E-state index in [2.05, 4.69) is 20.9 Å². The van der Waals surface area contributed by atoms with Crippen LogP contribution >= 0.6 is 27.5 Å². The minimum absolute atomic E-state index is 0.0975. The molecule has 1 aliphatic rings. The minimum atomic E-state index is -0.0975. The molecule has 2 aromatic rings. The Morgan fingerprint density at radius 2 is 2.35 bits per heavy atom. The molecule has 1 fully saturated rings. The van der Waals surface area contributed by atoms with Gasteiger partial charge in [-0.2, -0.15) is 0 Å². The van der Waals surface area contributed by atoms with Crippen LogP contribution < -0.4 is 5.73 Å². The van der Waals surface area contributed by atoms with E-state index in [-0.39, 0.29) is 6.04 Å². The van der Waals surface area contributed by atoms with E-state index in [9.17, 15) is 0 Å². The number of ether oxygens (including phenoxy) is 1. The van der Waals surface area contributed by atoms with Crippen LogP contribution in [-0.4, -0.2) is 22.8 Å². The van der Waals surface area contributed by atoms with Gasteiger partial charge in [-0.1, -0.05) is 27.5 Å². The van der Waals surface area contributed by atoms with Crippen molar-refractivity contribution in [3.63, 3.8) is 0 Å². The summed E-state index contributed by atoms with van der Waals surface area (Å²) >= 11 is 9.72. The van der Waals surface area contributed by atoms with Crippen LogP contribution in [0.2, 0.25) is 5.02 Å². The van der Waals surface area contributed by atoms with Crippen LogP contribution in [0.3, 0.4) is 0 Å². The highest BCUT2D eigenvalue weighted by atomic mass is 79.9. The van der Waals surface area contributed by atoms with Gasteiger partial charge < -0.3 is 15.0 Å². The lowest BCUT2D eigenvalue weighted by molar-refractivity contribution is 0.180. The quantitative estimate of drug-likeness (QED) is 0.918. The molecular formula is C14H15BrClN3O. The Hall–Kier alpha value is -0.880. The first-order valence-corrected chi connectivity index (χ1v) is 7.65. The zero-order valence-electron chi connectivity index (χ0n) is 10.8. The van der Waals surface area contributed by atoms with Crippen molar-refractivity contribution >= 4 is 27.5 Å². The van der Waals surface area contributed by atoms with Crippen molar-refractivity contribution in [1.29, 1.82) is 0 Å². The average Bonchev–Trinajstić information content (AvgIpc) is 3.09. The summed E-state index contributed by atoms with van der Waals surface area (Å²) in [5.41, 5.74) is 8.22. The number of nitrogens with two attached hydrogens (primary N) is 1. The number of benzene rings is 1. The van der Waals surface area contributed by atoms with E-state index in [0.717, 1.165) is 28.9 Å². The van der Waals surface area contributed by atoms with Crippen LogP contribution in [0.25, 0.3) is 5.69 Å². The Balaban J connectivity index is 1.97. The van der Waals surface area contributed by atoms with E-state index in [4.69, 9.17) is 22.1 Å². The molecular weight excluding hydrogens is 342 g/mol. The maximum atomic E-state index is 6.37. The Morgan fingerprint density at radius 3 is 3.05 bits per heavy atom. The van der Waals surface area contributed by atoms with E-state index in [1.54, 1.807) is 12.5 Å². The maximum absolute atomic E-state index is 6.37. The van der Waals surface area contributed by atoms with Gasteiger partial charge in [0.2, 0.25) is 0 Å². The summed E-state index contributed by atoms with van der Waals surface area (Å²) in [6.45, 7) is 1.49. The van der Waals surface area contributed by atoms with Gasteiger partial charge in [-0.15, -0.1) is 0 Å². The second-order valence-corrected chi connectivity index (χ2v) is 6.26. The predicted molar refractivity (Wildman–Crippen MR) is 82.1 cm³/mol. The molecule has 1 saturated heterocycles. The van der Waals surface area contributed by atoms with Crippen LogP contribution in [0.5, 0.6) is 0 Å². The zero-order chi connectivity index (χ0) is 14.1. The van der Waals surface area contributed by atoms with E-state index < -0.39 is 0 Å². The van der Waals surface area contributed by atoms with Crippen molar-refractivity contribution in [1.82, 2.24) is 9.55 Å². The molecule has 0 spiro atoms. The largest absolute Gasteiger partial charge is 0.381 e. The number of hydrogen-bond donors (Lipinski definition) is 1. The smallest absolute Gasteiger partial charge is 0.0995 e. The topological polar surface area (TPSA) is 53.1 Å². The average molecular weight is 357 g/mol. The third-order valence-electron chi connectivity index (χ3n) is 3.65. The lowest BCUT2D eigenvalue weighted by Crippen LogP contribution is -2.24. The molecule has 20 heavy (non-hydrogen) atoms. The fourth-order valence-electron chi connectivity index (χ4n) is 2.51. The number of rotatable bonds is 3. The standard InChI is InChI=1S/C14H15BrClN3O/c15-10-1-2-12(11(16)5-10)19-8-18-6-13(19)14(17)9-3-4-20-7-9/h1-2,5-6,8-9,14H,3-4,7,17H2. The number of hydrogen-bond acceptors (Lipinski definition) is 3. The Kier molecular flexibility index (Phi) is 4.12. The van der Waals surface area contributed by atoms with Gasteiger partial charge in [0.05, 0.1) is 41.6 Å². The van der Waals surface area contributed by atoms with Gasteiger partial charge in [0, 0.05) is 17.0 Å². The van der Waals surface area contributed by atoms with Crippen molar-refractivity contribution in [2.24, 2.45) is 11.7 Å². The number of nitrogens with zero attached hydrogens (tertiary/aromatic N) is 2. The summed E-state index contributed by atoms with van der Waals surface area (Å²) in [5, 5.41) is 0.661. The molecule has 2 unspecified atom stereocenters. The van der Waals surface area contributed by atoms with Crippen LogP contribution in [0.15, 0.2) is 35.2 Å². The summed E-state index contributed by atoms with van der Waals surface area (Å²) < 4.78 is 8.32. The first-order chi connectivity index (χ1) is 9.66. The molecule has 1 aromatic carbocycles. The molecule has 0 radical (unpaired) electrons. The van der Waals surface area contributed by atoms with Crippen molar-refractivity contribution < 1.29 is 4.74 Å². The van der Waals surface area contributed by atoms with Crippen molar-refractivity contribution in [2.75, 3.05) is 13.2 Å². The highest BCUT2D eigenvalue weighted by Gasteiger charge is 2.26. The highest BCUT2D eigenvalue weighted by Crippen LogP contribution is 2.31. The number of imidazole rings is 1. The molecule has 3 rings (SSSR count). The fraction of sp³-hybridized carbons (Fsp3) is 0.357. The van der Waals surface area contributed by atoms with Crippen LogP contribution in [-0.2, 0) is 4.74 Å². The monoisotopic (exact) mass is 355 g/mol. The van der Waals surface area contributed by atoms with Crippen molar-refractivity contribution in [3.05, 3.63) is 45.9 Å². The molecule has 2 N–H and O–H groups in total. The fourth-order valence-corrected chi connectivity index (χ4v) is 3.27. The van der Waals surface area contributed by atoms with E-state index in [1.165, 1.54) is 0 Å². The van der Waals surface area contributed by atoms with E-state index >= 15 is 0 Å². The lowest BCUT2D eigenvalue weighted by atomic mass is 9.97. The van der Waals surface area contributed by atoms with Crippen molar-refractivity contribution in [2.45, 2.75) is 12.5 Å².